The van der Waals surface area contributed by atoms with Crippen LogP contribution in [0, 0.1) is 66.3 Å². The van der Waals surface area contributed by atoms with Crippen LogP contribution in [0.25, 0.3) is 64.6 Å². The number of carbonyl (C=O) groups is 1. The normalized spacial score (nSPS) is 13.6. The highest BCUT2D eigenvalue weighted by Crippen LogP contribution is 2.44. The highest BCUT2D eigenvalue weighted by atomic mass is 16.5. The van der Waals surface area contributed by atoms with Crippen LogP contribution in [-0.4, -0.2) is 58.9 Å². The number of fused-ring (bicyclic) bond motifs is 14. The molecule has 0 spiro atoms. The Morgan fingerprint density at radius 2 is 0.622 bits per heavy atom. The highest BCUT2D eigenvalue weighted by molar-refractivity contribution is 5.75. The Balaban J connectivity index is 1.16. The molecule has 0 aliphatic heterocycles. The molecule has 1 fully saturated rings. The zero-order valence-electron chi connectivity index (χ0n) is 66.7. The van der Waals surface area contributed by atoms with Gasteiger partial charge in [0.2, 0.25) is 0 Å². The number of hydrogen-bond acceptors (Lipinski definition) is 11. The van der Waals surface area contributed by atoms with Gasteiger partial charge in [0.15, 0.2) is 0 Å². The molecule has 1 aromatic heterocycles. The van der Waals surface area contributed by atoms with Gasteiger partial charge in [-0.25, -0.2) is 0 Å². The molecule has 111 heavy (non-hydrogen) atoms. The molecule has 1 saturated carbocycles. The fraction of sp³-hybridized carbons (Fsp3) is 0.410. The monoisotopic (exact) mass is 1480 g/mol. The molecule has 3 atom stereocenters. The molecule has 0 amide bonds. The van der Waals surface area contributed by atoms with E-state index in [0.717, 1.165) is 181 Å². The zero-order valence-corrected chi connectivity index (χ0v) is 66.7. The van der Waals surface area contributed by atoms with Crippen molar-refractivity contribution in [3.05, 3.63) is 277 Å². The predicted octanol–water partition coefficient (Wildman–Crippen LogP) is 24.8. The van der Waals surface area contributed by atoms with Gasteiger partial charge in [0.25, 0.3) is 0 Å². The van der Waals surface area contributed by atoms with Crippen LogP contribution in [0.4, 0.5) is 0 Å². The fourth-order valence-corrected chi connectivity index (χ4v) is 13.6. The van der Waals surface area contributed by atoms with Gasteiger partial charge in [0.05, 0.1) is 39.0 Å². The number of ether oxygens (including phenoxy) is 6. The van der Waals surface area contributed by atoms with E-state index in [1.54, 1.807) is 43.4 Å². The average Bonchev–Trinajstić information content (AvgIpc) is 1.71. The maximum absolute atomic E-state index is 13.6. The number of esters is 1. The van der Waals surface area contributed by atoms with Crippen LogP contribution >= 0.6 is 0 Å². The molecule has 0 N–H and O–H groups in total. The molecule has 14 bridgehead atoms. The molecule has 11 nitrogen and oxygen atoms in total. The Labute approximate surface area is 663 Å². The second-order valence-electron chi connectivity index (χ2n) is 29.2. The van der Waals surface area contributed by atoms with Crippen molar-refractivity contribution in [2.24, 2.45) is 17.8 Å². The first-order valence-corrected chi connectivity index (χ1v) is 41.1. The van der Waals surface area contributed by atoms with E-state index in [2.05, 4.69) is 195 Å². The molecule has 2 aliphatic rings. The molecule has 6 aromatic carbocycles. The number of carbonyl (C=O) groups excluding carboxylic acids is 1. The summed E-state index contributed by atoms with van der Waals surface area (Å²) in [6.07, 6.45) is 42.8. The maximum Gasteiger partial charge on any atom is 0.309 e. The second kappa shape index (κ2) is 50.9. The van der Waals surface area contributed by atoms with Gasteiger partial charge in [-0.2, -0.15) is 0 Å². The third-order valence-electron chi connectivity index (χ3n) is 19.3. The van der Waals surface area contributed by atoms with E-state index in [1.165, 1.54) is 57.8 Å². The Morgan fingerprint density at radius 3 is 0.955 bits per heavy atom. The summed E-state index contributed by atoms with van der Waals surface area (Å²) in [7, 11) is 0. The van der Waals surface area contributed by atoms with Crippen LogP contribution in [0.15, 0.2) is 195 Å². The smallest absolute Gasteiger partial charge is 0.309 e. The first-order valence-electron chi connectivity index (χ1n) is 41.1. The number of hydrogen-bond donors (Lipinski definition) is 0. The van der Waals surface area contributed by atoms with Crippen LogP contribution in [0.3, 0.4) is 0 Å². The minimum Gasteiger partial charge on any atom is -0.461 e. The van der Waals surface area contributed by atoms with E-state index in [0.29, 0.717) is 72.0 Å². The number of unbranched alkanes of at least 4 members (excludes halogenated alkanes) is 15. The first-order chi connectivity index (χ1) is 54.7. The minimum absolute atomic E-state index is 0.113. The molecule has 2 aliphatic carbocycles. The van der Waals surface area contributed by atoms with Crippen molar-refractivity contribution in [2.45, 2.75) is 216 Å². The summed E-state index contributed by atoms with van der Waals surface area (Å²) >= 11 is 0. The summed E-state index contributed by atoms with van der Waals surface area (Å²) in [4.78, 5) is 32.1. The first kappa shape index (κ1) is 85.2. The third-order valence-corrected chi connectivity index (χ3v) is 19.3. The van der Waals surface area contributed by atoms with E-state index in [1.807, 2.05) is 54.7 Å². The van der Waals surface area contributed by atoms with Crippen molar-refractivity contribution in [3.8, 4) is 0 Å². The molecule has 1 heterocycles. The van der Waals surface area contributed by atoms with E-state index in [-0.39, 0.29) is 24.4 Å². The van der Waals surface area contributed by atoms with Crippen molar-refractivity contribution in [2.75, 3.05) is 33.0 Å². The van der Waals surface area contributed by atoms with Gasteiger partial charge in [0.1, 0.15) is 6.61 Å². The topological polar surface area (TPSA) is 124 Å². The number of nitrogens with zero attached hydrogens (tertiary/aromatic N) is 4. The molecule has 7 aromatic rings. The Hall–Kier alpha value is -9.79. The number of aromatic nitrogens is 4. The average molecular weight is 1490 g/mol. The Morgan fingerprint density at radius 1 is 0.315 bits per heavy atom. The quantitative estimate of drug-likeness (QED) is 0.0209. The zero-order chi connectivity index (χ0) is 77.4. The van der Waals surface area contributed by atoms with Gasteiger partial charge in [-0.3, -0.25) is 24.7 Å². The second-order valence-corrected chi connectivity index (χ2v) is 29.2. The highest BCUT2D eigenvalue weighted by Gasteiger charge is 2.40. The van der Waals surface area contributed by atoms with Crippen LogP contribution < -0.4 is 0 Å². The standard InChI is InChI=1S/C100H116N4O7/c1-6-11-16-21-47-106-73-92-58-79-27-30-83-54-88(66-94(62-83)75-108-49-23-18-13-8-3)37-42-101-40-26-41-104-72-91-57-86(64-96(69-91)77-110-51-25-20-15-10-5)34-33-82-53-81(60-93(61-82)74-107-48-22-17-12-7-2)29-32-85-56-90(68-97(65-85)78-111-100(105)99-71-87-35-36-98(99)70-87)39-44-103-46-45-102-43-38-89-55-84(31-28-80(52-79)59-92)63-95(67-89)76-109-50-24-19-14-9-4/h26,35-46,52-69,72,87,98-99H,6-25,47-51,70-71,73-78H2,1-5H3. The van der Waals surface area contributed by atoms with Crippen LogP contribution in [0.5, 0.6) is 0 Å². The number of allylic oxidation sites excluding steroid dienone is 2. The van der Waals surface area contributed by atoms with E-state index in [9.17, 15) is 4.79 Å². The minimum atomic E-state index is -0.150. The Kier molecular flexibility index (Phi) is 39.1. The van der Waals surface area contributed by atoms with Gasteiger partial charge in [-0.1, -0.05) is 192 Å². The summed E-state index contributed by atoms with van der Waals surface area (Å²) in [5.41, 5.74) is 5.91. The predicted molar refractivity (Wildman–Crippen MR) is 453 cm³/mol. The lowest BCUT2D eigenvalue weighted by Gasteiger charge is -2.16. The molecule has 9 rings (SSSR count). The van der Waals surface area contributed by atoms with E-state index < -0.39 is 0 Å². The lowest BCUT2D eigenvalue weighted by atomic mass is 9.94. The van der Waals surface area contributed by atoms with Crippen molar-refractivity contribution >= 4 is 70.6 Å². The fourth-order valence-electron chi connectivity index (χ4n) is 13.6. The maximum atomic E-state index is 13.6. The number of benzene rings is 6. The van der Waals surface area contributed by atoms with E-state index in [4.69, 9.17) is 33.4 Å². The molecular weight excluding hydrogens is 1370 g/mol. The van der Waals surface area contributed by atoms with Gasteiger partial charge in [-0.05, 0) is 245 Å². The Bertz CT molecular complexity index is 4620. The SMILES string of the molecule is CCCCCCOCc1cc2c#cc3cc(COCCCCCC)cc(ccncccncc4cc(COCCCCCC)cc(c#cc5cc(COCCCCCC)cc(c#cc6cc(COC(=O)C7CC8C=CC7C8)cc(ccnccnccc7cc(COCCCCCC)cc(c#cc(c1)c2)c7)c6)c5)c4)c3. The van der Waals surface area contributed by atoms with Crippen LogP contribution in [0.1, 0.15) is 209 Å². The van der Waals surface area contributed by atoms with Gasteiger partial charge in [-0.15, -0.1) is 0 Å². The molecule has 0 saturated heterocycles. The van der Waals surface area contributed by atoms with E-state index >= 15 is 0 Å². The van der Waals surface area contributed by atoms with Crippen molar-refractivity contribution in [3.63, 3.8) is 0 Å². The largest absolute Gasteiger partial charge is 0.461 e. The lowest BCUT2D eigenvalue weighted by Crippen LogP contribution is -2.21. The van der Waals surface area contributed by atoms with Crippen LogP contribution in [0.2, 0.25) is 0 Å². The summed E-state index contributed by atoms with van der Waals surface area (Å²) in [5, 5.41) is 10.3. The molecular formula is C100H116N4O7. The molecule has 0 radical (unpaired) electrons. The summed E-state index contributed by atoms with van der Waals surface area (Å²) < 4.78 is 37.4. The lowest BCUT2D eigenvalue weighted by molar-refractivity contribution is -0.150. The van der Waals surface area contributed by atoms with Crippen molar-refractivity contribution in [1.29, 1.82) is 0 Å². The molecule has 11 heteroatoms. The molecule has 578 valence electrons. The van der Waals surface area contributed by atoms with Crippen LogP contribution in [-0.2, 0) is 72.9 Å². The van der Waals surface area contributed by atoms with Gasteiger partial charge < -0.3 is 28.4 Å². The third kappa shape index (κ3) is 33.4. The molecule has 3 unspecified atom stereocenters. The van der Waals surface area contributed by atoms with Crippen molar-refractivity contribution < 1.29 is 33.2 Å². The number of rotatable bonds is 38. The van der Waals surface area contributed by atoms with Gasteiger partial charge in [0, 0.05) is 126 Å². The summed E-state index contributed by atoms with van der Waals surface area (Å²) in [6, 6.07) is 73.2. The summed E-state index contributed by atoms with van der Waals surface area (Å²) in [6.45, 7) is 17.0. The van der Waals surface area contributed by atoms with Gasteiger partial charge >= 0.3 is 5.97 Å². The summed E-state index contributed by atoms with van der Waals surface area (Å²) in [5.74, 6) is 0.435. The van der Waals surface area contributed by atoms with Crippen molar-refractivity contribution in [1.82, 2.24) is 19.9 Å².